The van der Waals surface area contributed by atoms with Crippen molar-refractivity contribution in [3.8, 4) is 0 Å². The molecule has 2 aliphatic heterocycles. The summed E-state index contributed by atoms with van der Waals surface area (Å²) in [7, 11) is 0. The van der Waals surface area contributed by atoms with E-state index in [1.807, 2.05) is 20.8 Å². The van der Waals surface area contributed by atoms with Crippen molar-refractivity contribution in [2.24, 2.45) is 11.3 Å². The molecule has 0 unspecified atom stereocenters. The number of ether oxygens (including phenoxy) is 1. The molecule has 104 valence electrons. The Morgan fingerprint density at radius 2 is 1.89 bits per heavy atom. The van der Waals surface area contributed by atoms with Gasteiger partial charge in [-0.2, -0.15) is 0 Å². The van der Waals surface area contributed by atoms with Crippen LogP contribution in [0.15, 0.2) is 0 Å². The molecule has 0 spiro atoms. The van der Waals surface area contributed by atoms with Gasteiger partial charge in [-0.05, 0) is 59.5 Å². The monoisotopic (exact) mass is 253 g/mol. The molecule has 2 rings (SSSR count). The lowest BCUT2D eigenvalue weighted by atomic mass is 9.84. The van der Waals surface area contributed by atoms with Crippen molar-refractivity contribution >= 4 is 5.97 Å². The number of fused-ring (bicyclic) bond motifs is 1. The summed E-state index contributed by atoms with van der Waals surface area (Å²) in [4.78, 5) is 14.4. The van der Waals surface area contributed by atoms with Gasteiger partial charge in [-0.1, -0.05) is 6.42 Å². The van der Waals surface area contributed by atoms with E-state index in [9.17, 15) is 4.79 Å². The van der Waals surface area contributed by atoms with E-state index in [1.165, 1.54) is 45.2 Å². The van der Waals surface area contributed by atoms with E-state index in [0.29, 0.717) is 18.6 Å². The summed E-state index contributed by atoms with van der Waals surface area (Å²) in [5.41, 5.74) is -0.374. The normalized spacial score (nSPS) is 29.7. The lowest BCUT2D eigenvalue weighted by molar-refractivity contribution is -0.155. The third-order valence-corrected chi connectivity index (χ3v) is 4.27. The fourth-order valence-electron chi connectivity index (χ4n) is 3.17. The second kappa shape index (κ2) is 5.60. The van der Waals surface area contributed by atoms with Crippen molar-refractivity contribution in [3.63, 3.8) is 0 Å². The van der Waals surface area contributed by atoms with Crippen LogP contribution in [0.5, 0.6) is 0 Å². The molecule has 0 amide bonds. The number of carbonyl (C=O) groups is 1. The Morgan fingerprint density at radius 1 is 1.17 bits per heavy atom. The van der Waals surface area contributed by atoms with Crippen LogP contribution in [0.25, 0.3) is 0 Å². The number of rotatable bonds is 2. The van der Waals surface area contributed by atoms with E-state index in [1.54, 1.807) is 0 Å². The Bertz CT molecular complexity index is 293. The molecular weight excluding hydrogens is 226 g/mol. The molecule has 0 aromatic carbocycles. The first-order valence-corrected chi connectivity index (χ1v) is 7.40. The van der Waals surface area contributed by atoms with Crippen LogP contribution >= 0.6 is 0 Å². The Balaban J connectivity index is 1.86. The predicted octanol–water partition coefficient (Wildman–Crippen LogP) is 2.84. The third kappa shape index (κ3) is 3.25. The molecule has 2 aliphatic rings. The topological polar surface area (TPSA) is 29.5 Å². The Hall–Kier alpha value is -0.570. The minimum absolute atomic E-state index is 0.0598. The smallest absolute Gasteiger partial charge is 0.311 e. The van der Waals surface area contributed by atoms with Crippen LogP contribution < -0.4 is 0 Å². The van der Waals surface area contributed by atoms with Crippen molar-refractivity contribution in [1.82, 2.24) is 4.90 Å². The highest BCUT2D eigenvalue weighted by atomic mass is 16.5. The van der Waals surface area contributed by atoms with E-state index in [-0.39, 0.29) is 11.4 Å². The minimum atomic E-state index is -0.374. The summed E-state index contributed by atoms with van der Waals surface area (Å²) in [5, 5.41) is 0. The number of nitrogens with zero attached hydrogens (tertiary/aromatic N) is 1. The zero-order chi connectivity index (χ0) is 13.2. The van der Waals surface area contributed by atoms with Crippen molar-refractivity contribution in [3.05, 3.63) is 0 Å². The van der Waals surface area contributed by atoms with Gasteiger partial charge in [0.25, 0.3) is 0 Å². The molecule has 0 N–H and O–H groups in total. The van der Waals surface area contributed by atoms with Crippen molar-refractivity contribution in [1.29, 1.82) is 0 Å². The molecule has 0 saturated carbocycles. The summed E-state index contributed by atoms with van der Waals surface area (Å²) in [6.45, 7) is 8.87. The second-order valence-electron chi connectivity index (χ2n) is 6.85. The molecule has 2 atom stereocenters. The maximum absolute atomic E-state index is 11.8. The highest BCUT2D eigenvalue weighted by Crippen LogP contribution is 2.31. The molecule has 18 heavy (non-hydrogen) atoms. The van der Waals surface area contributed by atoms with Gasteiger partial charge in [-0.3, -0.25) is 9.69 Å². The lowest BCUT2D eigenvalue weighted by Gasteiger charge is -2.44. The van der Waals surface area contributed by atoms with Crippen molar-refractivity contribution < 1.29 is 9.53 Å². The Labute approximate surface area is 111 Å². The standard InChI is InChI=1S/C15H27NO2/c1-15(2,3)14(17)18-11-12-7-6-10-16-9-5-4-8-13(12)16/h12-13H,4-11H2,1-3H3/t12-,13+/m0/s1. The van der Waals surface area contributed by atoms with Crippen LogP contribution in [0.2, 0.25) is 0 Å². The van der Waals surface area contributed by atoms with Crippen molar-refractivity contribution in [2.75, 3.05) is 19.7 Å². The van der Waals surface area contributed by atoms with Crippen LogP contribution in [0.3, 0.4) is 0 Å². The molecule has 0 aliphatic carbocycles. The van der Waals surface area contributed by atoms with E-state index in [0.717, 1.165) is 0 Å². The Morgan fingerprint density at radius 3 is 2.61 bits per heavy atom. The fraction of sp³-hybridized carbons (Fsp3) is 0.933. The number of hydrogen-bond acceptors (Lipinski definition) is 3. The number of piperidine rings is 2. The summed E-state index contributed by atoms with van der Waals surface area (Å²) in [6.07, 6.45) is 6.44. The predicted molar refractivity (Wildman–Crippen MR) is 72.4 cm³/mol. The van der Waals surface area contributed by atoms with Gasteiger partial charge in [-0.25, -0.2) is 0 Å². The van der Waals surface area contributed by atoms with Crippen LogP contribution in [-0.2, 0) is 9.53 Å². The second-order valence-corrected chi connectivity index (χ2v) is 6.85. The molecule has 2 fully saturated rings. The molecule has 0 aromatic heterocycles. The molecule has 0 bridgehead atoms. The van der Waals surface area contributed by atoms with E-state index < -0.39 is 0 Å². The van der Waals surface area contributed by atoms with E-state index in [4.69, 9.17) is 4.74 Å². The molecule has 2 saturated heterocycles. The number of carbonyl (C=O) groups excluding carboxylic acids is 1. The largest absolute Gasteiger partial charge is 0.465 e. The van der Waals surface area contributed by atoms with Crippen LogP contribution in [-0.4, -0.2) is 36.6 Å². The van der Waals surface area contributed by atoms with Gasteiger partial charge < -0.3 is 4.74 Å². The maximum atomic E-state index is 11.8. The van der Waals surface area contributed by atoms with Crippen molar-refractivity contribution in [2.45, 2.75) is 58.9 Å². The quantitative estimate of drug-likeness (QED) is 0.709. The molecule has 2 heterocycles. The SMILES string of the molecule is CC(C)(C)C(=O)OC[C@@H]1CCCN2CCCC[C@H]12. The highest BCUT2D eigenvalue weighted by molar-refractivity contribution is 5.75. The first-order chi connectivity index (χ1) is 8.48. The van der Waals surface area contributed by atoms with Gasteiger partial charge in [0, 0.05) is 12.0 Å². The first-order valence-electron chi connectivity index (χ1n) is 7.40. The third-order valence-electron chi connectivity index (χ3n) is 4.27. The number of hydrogen-bond donors (Lipinski definition) is 0. The lowest BCUT2D eigenvalue weighted by Crippen LogP contribution is -2.49. The van der Waals surface area contributed by atoms with Crippen LogP contribution in [0, 0.1) is 11.3 Å². The van der Waals surface area contributed by atoms with Gasteiger partial charge in [0.1, 0.15) is 0 Å². The highest BCUT2D eigenvalue weighted by Gasteiger charge is 2.34. The van der Waals surface area contributed by atoms with Gasteiger partial charge >= 0.3 is 5.97 Å². The summed E-state index contributed by atoms with van der Waals surface area (Å²) in [5.74, 6) is 0.501. The van der Waals surface area contributed by atoms with Gasteiger partial charge in [0.05, 0.1) is 12.0 Å². The molecule has 3 nitrogen and oxygen atoms in total. The summed E-state index contributed by atoms with van der Waals surface area (Å²) >= 11 is 0. The van der Waals surface area contributed by atoms with Gasteiger partial charge in [0.2, 0.25) is 0 Å². The molecule has 0 aromatic rings. The average Bonchev–Trinajstić information content (AvgIpc) is 2.34. The van der Waals surface area contributed by atoms with Crippen LogP contribution in [0.1, 0.15) is 52.9 Å². The fourth-order valence-corrected chi connectivity index (χ4v) is 3.17. The Kier molecular flexibility index (Phi) is 4.31. The molecular formula is C15H27NO2. The molecule has 0 radical (unpaired) electrons. The number of esters is 1. The van der Waals surface area contributed by atoms with E-state index >= 15 is 0 Å². The zero-order valence-corrected chi connectivity index (χ0v) is 12.1. The van der Waals surface area contributed by atoms with Gasteiger partial charge in [0.15, 0.2) is 0 Å². The molecule has 3 heteroatoms. The first kappa shape index (κ1) is 13.9. The summed E-state index contributed by atoms with van der Waals surface area (Å²) < 4.78 is 5.53. The minimum Gasteiger partial charge on any atom is -0.465 e. The van der Waals surface area contributed by atoms with E-state index in [2.05, 4.69) is 4.90 Å². The maximum Gasteiger partial charge on any atom is 0.311 e. The average molecular weight is 253 g/mol. The van der Waals surface area contributed by atoms with Gasteiger partial charge in [-0.15, -0.1) is 0 Å². The zero-order valence-electron chi connectivity index (χ0n) is 12.1. The van der Waals surface area contributed by atoms with Crippen LogP contribution in [0.4, 0.5) is 0 Å². The summed E-state index contributed by atoms with van der Waals surface area (Å²) in [6, 6.07) is 0.667.